The molecule has 0 heterocycles. The van der Waals surface area contributed by atoms with Crippen molar-refractivity contribution in [3.05, 3.63) is 65.2 Å². The Bertz CT molecular complexity index is 637. The lowest BCUT2D eigenvalue weighted by Crippen LogP contribution is -2.36. The number of aromatic hydroxyl groups is 1. The molecule has 2 aromatic carbocycles. The van der Waals surface area contributed by atoms with Crippen LogP contribution < -0.4 is 5.32 Å². The van der Waals surface area contributed by atoms with Crippen LogP contribution in [0.3, 0.4) is 0 Å². The van der Waals surface area contributed by atoms with E-state index in [2.05, 4.69) is 42.6 Å². The van der Waals surface area contributed by atoms with Crippen LogP contribution in [0.25, 0.3) is 0 Å². The minimum Gasteiger partial charge on any atom is -0.508 e. The van der Waals surface area contributed by atoms with Crippen molar-refractivity contribution in [3.63, 3.8) is 0 Å². The zero-order valence-corrected chi connectivity index (χ0v) is 14.0. The van der Waals surface area contributed by atoms with Crippen molar-refractivity contribution in [2.45, 2.75) is 57.5 Å². The summed E-state index contributed by atoms with van der Waals surface area (Å²) in [4.78, 5) is 0. The number of hydrogen-bond donors (Lipinski definition) is 2. The monoisotopic (exact) mass is 309 g/mol. The van der Waals surface area contributed by atoms with E-state index in [4.69, 9.17) is 0 Å². The molecule has 0 saturated carbocycles. The van der Waals surface area contributed by atoms with Gasteiger partial charge in [-0.1, -0.05) is 49.7 Å². The SMILES string of the molecule is CCCC(Cc1cccc(O)c1)NC1CCCc2ccccc21. The summed E-state index contributed by atoms with van der Waals surface area (Å²) in [6.45, 7) is 2.24. The first-order chi connectivity index (χ1) is 11.3. The molecule has 0 amide bonds. The second-order valence-electron chi connectivity index (χ2n) is 6.67. The molecule has 0 spiro atoms. The summed E-state index contributed by atoms with van der Waals surface area (Å²) in [5.41, 5.74) is 4.19. The van der Waals surface area contributed by atoms with Crippen molar-refractivity contribution in [1.82, 2.24) is 5.32 Å². The predicted molar refractivity (Wildman–Crippen MR) is 95.8 cm³/mol. The average molecular weight is 309 g/mol. The van der Waals surface area contributed by atoms with Crippen molar-refractivity contribution in [3.8, 4) is 5.75 Å². The third-order valence-electron chi connectivity index (χ3n) is 4.84. The van der Waals surface area contributed by atoms with E-state index in [9.17, 15) is 5.11 Å². The molecule has 2 aromatic rings. The Labute approximate surface area is 139 Å². The minimum atomic E-state index is 0.362. The molecule has 1 aliphatic rings. The molecule has 2 heteroatoms. The maximum absolute atomic E-state index is 9.69. The van der Waals surface area contributed by atoms with E-state index in [1.165, 1.54) is 42.4 Å². The highest BCUT2D eigenvalue weighted by Crippen LogP contribution is 2.30. The van der Waals surface area contributed by atoms with Crippen LogP contribution in [-0.2, 0) is 12.8 Å². The van der Waals surface area contributed by atoms with Gasteiger partial charge in [-0.05, 0) is 60.9 Å². The molecular weight excluding hydrogens is 282 g/mol. The van der Waals surface area contributed by atoms with Crippen LogP contribution in [0, 0.1) is 0 Å². The molecule has 23 heavy (non-hydrogen) atoms. The van der Waals surface area contributed by atoms with Gasteiger partial charge in [-0.25, -0.2) is 0 Å². The summed E-state index contributed by atoms with van der Waals surface area (Å²) >= 11 is 0. The van der Waals surface area contributed by atoms with E-state index in [0.29, 0.717) is 17.8 Å². The summed E-state index contributed by atoms with van der Waals surface area (Å²) in [5.74, 6) is 0.362. The summed E-state index contributed by atoms with van der Waals surface area (Å²) in [6.07, 6.45) is 7.00. The largest absolute Gasteiger partial charge is 0.508 e. The molecule has 2 N–H and O–H groups in total. The lowest BCUT2D eigenvalue weighted by Gasteiger charge is -2.31. The van der Waals surface area contributed by atoms with Gasteiger partial charge in [0.25, 0.3) is 0 Å². The fourth-order valence-corrected chi connectivity index (χ4v) is 3.77. The van der Waals surface area contributed by atoms with Gasteiger partial charge in [0.1, 0.15) is 5.75 Å². The molecule has 0 saturated heterocycles. The Morgan fingerprint density at radius 3 is 2.87 bits per heavy atom. The van der Waals surface area contributed by atoms with E-state index in [-0.39, 0.29) is 0 Å². The number of rotatable bonds is 6. The third-order valence-corrected chi connectivity index (χ3v) is 4.84. The van der Waals surface area contributed by atoms with Crippen LogP contribution in [0.1, 0.15) is 55.3 Å². The second kappa shape index (κ2) is 7.65. The van der Waals surface area contributed by atoms with Gasteiger partial charge in [0.05, 0.1) is 0 Å². The van der Waals surface area contributed by atoms with E-state index in [1.807, 2.05) is 12.1 Å². The Hall–Kier alpha value is -1.80. The number of fused-ring (bicyclic) bond motifs is 1. The van der Waals surface area contributed by atoms with Gasteiger partial charge < -0.3 is 10.4 Å². The molecule has 1 aliphatic carbocycles. The Morgan fingerprint density at radius 1 is 1.17 bits per heavy atom. The Balaban J connectivity index is 1.73. The van der Waals surface area contributed by atoms with Crippen molar-refractivity contribution >= 4 is 0 Å². The molecule has 2 unspecified atom stereocenters. The van der Waals surface area contributed by atoms with Gasteiger partial charge in [0, 0.05) is 12.1 Å². The van der Waals surface area contributed by atoms with E-state index >= 15 is 0 Å². The zero-order chi connectivity index (χ0) is 16.1. The molecule has 122 valence electrons. The van der Waals surface area contributed by atoms with Gasteiger partial charge in [-0.3, -0.25) is 0 Å². The Kier molecular flexibility index (Phi) is 5.35. The van der Waals surface area contributed by atoms with Crippen molar-refractivity contribution in [2.24, 2.45) is 0 Å². The van der Waals surface area contributed by atoms with E-state index < -0.39 is 0 Å². The highest BCUT2D eigenvalue weighted by Gasteiger charge is 2.22. The van der Waals surface area contributed by atoms with Crippen LogP contribution in [0.2, 0.25) is 0 Å². The number of benzene rings is 2. The topological polar surface area (TPSA) is 32.3 Å². The van der Waals surface area contributed by atoms with Crippen molar-refractivity contribution in [1.29, 1.82) is 0 Å². The van der Waals surface area contributed by atoms with Crippen LogP contribution >= 0.6 is 0 Å². The maximum Gasteiger partial charge on any atom is 0.115 e. The number of phenols is 1. The van der Waals surface area contributed by atoms with Gasteiger partial charge in [0.2, 0.25) is 0 Å². The van der Waals surface area contributed by atoms with Crippen LogP contribution in [-0.4, -0.2) is 11.1 Å². The quantitative estimate of drug-likeness (QED) is 0.805. The number of phenolic OH excluding ortho intramolecular Hbond substituents is 1. The van der Waals surface area contributed by atoms with Gasteiger partial charge in [0.15, 0.2) is 0 Å². The number of nitrogens with one attached hydrogen (secondary N) is 1. The van der Waals surface area contributed by atoms with Gasteiger partial charge in [-0.15, -0.1) is 0 Å². The van der Waals surface area contributed by atoms with Gasteiger partial charge in [-0.2, -0.15) is 0 Å². The first-order valence-corrected chi connectivity index (χ1v) is 8.88. The molecule has 3 rings (SSSR count). The number of hydrogen-bond acceptors (Lipinski definition) is 2. The highest BCUT2D eigenvalue weighted by molar-refractivity contribution is 5.32. The predicted octanol–water partition coefficient (Wildman–Crippen LogP) is 4.77. The van der Waals surface area contributed by atoms with Crippen molar-refractivity contribution in [2.75, 3.05) is 0 Å². The van der Waals surface area contributed by atoms with Gasteiger partial charge >= 0.3 is 0 Å². The van der Waals surface area contributed by atoms with Crippen LogP contribution in [0.15, 0.2) is 48.5 Å². The molecule has 2 nitrogen and oxygen atoms in total. The van der Waals surface area contributed by atoms with E-state index in [1.54, 1.807) is 6.07 Å². The lowest BCUT2D eigenvalue weighted by molar-refractivity contribution is 0.374. The second-order valence-corrected chi connectivity index (χ2v) is 6.67. The zero-order valence-electron chi connectivity index (χ0n) is 14.0. The van der Waals surface area contributed by atoms with E-state index in [0.717, 1.165) is 12.8 Å². The lowest BCUT2D eigenvalue weighted by atomic mass is 9.86. The first kappa shape index (κ1) is 16.1. The minimum absolute atomic E-state index is 0.362. The standard InChI is InChI=1S/C21H27NO/c1-2-7-18(14-16-8-5-11-19(23)15-16)22-21-13-6-10-17-9-3-4-12-20(17)21/h3-5,8-9,11-12,15,18,21-23H,2,6-7,10,13-14H2,1H3. The first-order valence-electron chi connectivity index (χ1n) is 8.88. The fourth-order valence-electron chi connectivity index (χ4n) is 3.77. The maximum atomic E-state index is 9.69. The highest BCUT2D eigenvalue weighted by atomic mass is 16.3. The molecule has 0 aliphatic heterocycles. The fraction of sp³-hybridized carbons (Fsp3) is 0.429. The smallest absolute Gasteiger partial charge is 0.115 e. The normalized spacial score (nSPS) is 18.4. The Morgan fingerprint density at radius 2 is 2.04 bits per heavy atom. The molecular formula is C21H27NO. The summed E-state index contributed by atoms with van der Waals surface area (Å²) in [7, 11) is 0. The van der Waals surface area contributed by atoms with Crippen LogP contribution in [0.4, 0.5) is 0 Å². The summed E-state index contributed by atoms with van der Waals surface area (Å²) in [6, 6.07) is 17.5. The molecule has 2 atom stereocenters. The summed E-state index contributed by atoms with van der Waals surface area (Å²) < 4.78 is 0. The molecule has 0 fully saturated rings. The molecule has 0 radical (unpaired) electrons. The molecule has 0 bridgehead atoms. The van der Waals surface area contributed by atoms with Crippen molar-refractivity contribution < 1.29 is 5.11 Å². The number of aryl methyl sites for hydroxylation is 1. The van der Waals surface area contributed by atoms with Crippen LogP contribution in [0.5, 0.6) is 5.75 Å². The molecule has 0 aromatic heterocycles. The third kappa shape index (κ3) is 4.14. The average Bonchev–Trinajstić information content (AvgIpc) is 2.55. The summed E-state index contributed by atoms with van der Waals surface area (Å²) in [5, 5.41) is 13.6.